The highest BCUT2D eigenvalue weighted by Crippen LogP contribution is 2.38. The van der Waals surface area contributed by atoms with Crippen LogP contribution in [0, 0.1) is 0 Å². The lowest BCUT2D eigenvalue weighted by atomic mass is 9.96. The molecule has 1 aliphatic rings. The summed E-state index contributed by atoms with van der Waals surface area (Å²) in [6, 6.07) is 5.62. The van der Waals surface area contributed by atoms with Crippen molar-refractivity contribution in [3.63, 3.8) is 0 Å². The normalized spacial score (nSPS) is 22.2. The summed E-state index contributed by atoms with van der Waals surface area (Å²) in [4.78, 5) is 0. The third-order valence-corrected chi connectivity index (χ3v) is 3.49. The second-order valence-electron chi connectivity index (χ2n) is 4.89. The molecule has 1 N–H and O–H groups in total. The van der Waals surface area contributed by atoms with Gasteiger partial charge in [0.2, 0.25) is 0 Å². The molecule has 100 valence electrons. The number of hydrogen-bond acceptors (Lipinski definition) is 3. The molecule has 0 bridgehead atoms. The summed E-state index contributed by atoms with van der Waals surface area (Å²) < 4.78 is 11.1. The Morgan fingerprint density at radius 3 is 2.94 bits per heavy atom. The third-order valence-electron chi connectivity index (χ3n) is 3.49. The molecule has 0 radical (unpaired) electrons. The van der Waals surface area contributed by atoms with Crippen molar-refractivity contribution in [3.05, 3.63) is 23.8 Å². The Morgan fingerprint density at radius 2 is 2.22 bits per heavy atom. The predicted octanol–water partition coefficient (Wildman–Crippen LogP) is 3.46. The van der Waals surface area contributed by atoms with Gasteiger partial charge in [0, 0.05) is 18.1 Å². The minimum atomic E-state index is -0.411. The lowest BCUT2D eigenvalue weighted by molar-refractivity contribution is 0.0603. The maximum Gasteiger partial charge on any atom is 0.129 e. The number of benzene rings is 1. The van der Waals surface area contributed by atoms with Crippen LogP contribution in [0.3, 0.4) is 0 Å². The standard InChI is InChI=1S/C15H22O3/c1-3-4-5-6-12-9-14(16)13-8-7-11(17-2)10-15(13)18-12/h7-8,10,12,14,16H,3-6,9H2,1-2H3. The number of aliphatic hydroxyl groups is 1. The van der Waals surface area contributed by atoms with Gasteiger partial charge < -0.3 is 14.6 Å². The highest BCUT2D eigenvalue weighted by Gasteiger charge is 2.26. The molecule has 2 unspecified atom stereocenters. The first-order chi connectivity index (χ1) is 8.74. The van der Waals surface area contributed by atoms with E-state index in [9.17, 15) is 5.11 Å². The average molecular weight is 250 g/mol. The molecule has 1 heterocycles. The Bertz CT molecular complexity index is 389. The molecule has 1 aliphatic heterocycles. The fraction of sp³-hybridized carbons (Fsp3) is 0.600. The number of ether oxygens (including phenoxy) is 2. The van der Waals surface area contributed by atoms with E-state index in [4.69, 9.17) is 9.47 Å². The highest BCUT2D eigenvalue weighted by atomic mass is 16.5. The SMILES string of the molecule is CCCCCC1CC(O)c2ccc(OC)cc2O1. The van der Waals surface area contributed by atoms with E-state index in [1.165, 1.54) is 12.8 Å². The quantitative estimate of drug-likeness (QED) is 0.813. The molecule has 0 saturated carbocycles. The van der Waals surface area contributed by atoms with Gasteiger partial charge in [0.25, 0.3) is 0 Å². The predicted molar refractivity (Wildman–Crippen MR) is 71.1 cm³/mol. The first kappa shape index (κ1) is 13.2. The monoisotopic (exact) mass is 250 g/mol. The molecule has 3 heteroatoms. The Hall–Kier alpha value is -1.22. The zero-order valence-corrected chi connectivity index (χ0v) is 11.2. The Kier molecular flexibility index (Phi) is 4.48. The van der Waals surface area contributed by atoms with Gasteiger partial charge in [-0.1, -0.05) is 19.8 Å². The topological polar surface area (TPSA) is 38.7 Å². The molecule has 18 heavy (non-hydrogen) atoms. The third kappa shape index (κ3) is 2.96. The van der Waals surface area contributed by atoms with Crippen LogP contribution in [0.5, 0.6) is 11.5 Å². The molecule has 2 atom stereocenters. The molecule has 3 nitrogen and oxygen atoms in total. The molecular formula is C15H22O3. The van der Waals surface area contributed by atoms with E-state index in [0.717, 1.165) is 29.9 Å². The van der Waals surface area contributed by atoms with Crippen LogP contribution in [0.4, 0.5) is 0 Å². The van der Waals surface area contributed by atoms with Crippen molar-refractivity contribution in [1.82, 2.24) is 0 Å². The average Bonchev–Trinajstić information content (AvgIpc) is 2.38. The fourth-order valence-corrected chi connectivity index (χ4v) is 2.42. The van der Waals surface area contributed by atoms with E-state index in [-0.39, 0.29) is 6.10 Å². The summed E-state index contributed by atoms with van der Waals surface area (Å²) in [5.41, 5.74) is 0.877. The molecular weight excluding hydrogens is 228 g/mol. The van der Waals surface area contributed by atoms with Gasteiger partial charge in [-0.15, -0.1) is 0 Å². The van der Waals surface area contributed by atoms with Crippen molar-refractivity contribution in [2.75, 3.05) is 7.11 Å². The fourth-order valence-electron chi connectivity index (χ4n) is 2.42. The number of fused-ring (bicyclic) bond motifs is 1. The van der Waals surface area contributed by atoms with Gasteiger partial charge in [-0.25, -0.2) is 0 Å². The van der Waals surface area contributed by atoms with Crippen LogP contribution in [0.2, 0.25) is 0 Å². The van der Waals surface area contributed by atoms with Gasteiger partial charge in [0.15, 0.2) is 0 Å². The van der Waals surface area contributed by atoms with Crippen LogP contribution in [0.1, 0.15) is 50.7 Å². The van der Waals surface area contributed by atoms with E-state index in [1.807, 2.05) is 18.2 Å². The van der Waals surface area contributed by atoms with Crippen molar-refractivity contribution in [3.8, 4) is 11.5 Å². The molecule has 0 aromatic heterocycles. The summed E-state index contributed by atoms with van der Waals surface area (Å²) in [6.07, 6.45) is 5.02. The van der Waals surface area contributed by atoms with Crippen LogP contribution in [-0.4, -0.2) is 18.3 Å². The largest absolute Gasteiger partial charge is 0.497 e. The van der Waals surface area contributed by atoms with Crippen molar-refractivity contribution < 1.29 is 14.6 Å². The van der Waals surface area contributed by atoms with E-state index < -0.39 is 6.10 Å². The maximum atomic E-state index is 10.1. The van der Waals surface area contributed by atoms with Crippen molar-refractivity contribution >= 4 is 0 Å². The van der Waals surface area contributed by atoms with Crippen LogP contribution >= 0.6 is 0 Å². The minimum Gasteiger partial charge on any atom is -0.497 e. The first-order valence-corrected chi connectivity index (χ1v) is 6.77. The second kappa shape index (κ2) is 6.10. The number of unbranched alkanes of at least 4 members (excludes halogenated alkanes) is 2. The Morgan fingerprint density at radius 1 is 1.39 bits per heavy atom. The zero-order chi connectivity index (χ0) is 13.0. The van der Waals surface area contributed by atoms with Gasteiger partial charge in [-0.05, 0) is 25.0 Å². The van der Waals surface area contributed by atoms with Gasteiger partial charge in [0.1, 0.15) is 17.6 Å². The molecule has 1 aromatic rings. The molecule has 0 amide bonds. The zero-order valence-electron chi connectivity index (χ0n) is 11.2. The van der Waals surface area contributed by atoms with Crippen LogP contribution in [0.25, 0.3) is 0 Å². The lowest BCUT2D eigenvalue weighted by Gasteiger charge is -2.30. The van der Waals surface area contributed by atoms with E-state index in [2.05, 4.69) is 6.92 Å². The molecule has 0 spiro atoms. The molecule has 0 aliphatic carbocycles. The number of aliphatic hydroxyl groups excluding tert-OH is 1. The van der Waals surface area contributed by atoms with Gasteiger partial charge in [-0.3, -0.25) is 0 Å². The summed E-state index contributed by atoms with van der Waals surface area (Å²) in [5, 5.41) is 10.1. The van der Waals surface area contributed by atoms with Gasteiger partial charge >= 0.3 is 0 Å². The molecule has 0 saturated heterocycles. The molecule has 2 rings (SSSR count). The maximum absolute atomic E-state index is 10.1. The van der Waals surface area contributed by atoms with E-state index >= 15 is 0 Å². The van der Waals surface area contributed by atoms with Crippen molar-refractivity contribution in [2.45, 2.75) is 51.2 Å². The second-order valence-corrected chi connectivity index (χ2v) is 4.89. The van der Waals surface area contributed by atoms with Crippen molar-refractivity contribution in [1.29, 1.82) is 0 Å². The molecule has 0 fully saturated rings. The Labute approximate surface area is 109 Å². The summed E-state index contributed by atoms with van der Waals surface area (Å²) in [7, 11) is 1.64. The number of rotatable bonds is 5. The first-order valence-electron chi connectivity index (χ1n) is 6.77. The smallest absolute Gasteiger partial charge is 0.129 e. The van der Waals surface area contributed by atoms with Crippen LogP contribution in [-0.2, 0) is 0 Å². The molecule has 1 aromatic carbocycles. The summed E-state index contributed by atoms with van der Waals surface area (Å²) >= 11 is 0. The Balaban J connectivity index is 2.06. The van der Waals surface area contributed by atoms with Gasteiger partial charge in [0.05, 0.1) is 13.2 Å². The number of hydrogen-bond donors (Lipinski definition) is 1. The van der Waals surface area contributed by atoms with Crippen molar-refractivity contribution in [2.24, 2.45) is 0 Å². The number of methoxy groups -OCH3 is 1. The summed E-state index contributed by atoms with van der Waals surface area (Å²) in [5.74, 6) is 1.55. The minimum absolute atomic E-state index is 0.131. The van der Waals surface area contributed by atoms with E-state index in [0.29, 0.717) is 6.42 Å². The van der Waals surface area contributed by atoms with Crippen LogP contribution < -0.4 is 9.47 Å². The van der Waals surface area contributed by atoms with E-state index in [1.54, 1.807) is 7.11 Å². The lowest BCUT2D eigenvalue weighted by Crippen LogP contribution is -2.25. The van der Waals surface area contributed by atoms with Crippen LogP contribution in [0.15, 0.2) is 18.2 Å². The summed E-state index contributed by atoms with van der Waals surface area (Å²) in [6.45, 7) is 2.19. The van der Waals surface area contributed by atoms with Gasteiger partial charge in [-0.2, -0.15) is 0 Å². The highest BCUT2D eigenvalue weighted by molar-refractivity contribution is 5.43.